The number of carboxylic acid groups (broad SMARTS) is 1. The second-order valence-electron chi connectivity index (χ2n) is 3.64. The van der Waals surface area contributed by atoms with Crippen LogP contribution in [0.5, 0.6) is 0 Å². The first-order chi connectivity index (χ1) is 8.08. The van der Waals surface area contributed by atoms with E-state index >= 15 is 0 Å². The smallest absolute Gasteiger partial charge is 0.371 e. The zero-order valence-corrected chi connectivity index (χ0v) is 9.71. The minimum atomic E-state index is -1.08. The Balaban J connectivity index is 2.33. The van der Waals surface area contributed by atoms with E-state index < -0.39 is 5.97 Å². The second kappa shape index (κ2) is 4.54. The Morgan fingerprint density at radius 1 is 1.59 bits per heavy atom. The van der Waals surface area contributed by atoms with E-state index in [-0.39, 0.29) is 10.9 Å². The molecule has 0 spiro atoms. The van der Waals surface area contributed by atoms with Gasteiger partial charge < -0.3 is 15.3 Å². The summed E-state index contributed by atoms with van der Waals surface area (Å²) >= 11 is 4.65. The number of rotatable bonds is 2. The highest BCUT2D eigenvalue weighted by Gasteiger charge is 2.23. The maximum Gasteiger partial charge on any atom is 0.371 e. The highest BCUT2D eigenvalue weighted by atomic mass is 32.1. The average molecular weight is 253 g/mol. The number of hydrogen-bond acceptors (Lipinski definition) is 4. The maximum atomic E-state index is 10.8. The molecule has 1 aromatic rings. The van der Waals surface area contributed by atoms with Gasteiger partial charge in [0.1, 0.15) is 5.76 Å². The number of fused-ring (bicyclic) bond motifs is 1. The van der Waals surface area contributed by atoms with E-state index in [0.29, 0.717) is 12.2 Å². The van der Waals surface area contributed by atoms with Gasteiger partial charge in [-0.1, -0.05) is 0 Å². The van der Waals surface area contributed by atoms with Crippen LogP contribution in [0.1, 0.15) is 34.7 Å². The lowest BCUT2D eigenvalue weighted by Gasteiger charge is -2.11. The summed E-state index contributed by atoms with van der Waals surface area (Å²) in [6.45, 7) is 0. The van der Waals surface area contributed by atoms with Gasteiger partial charge in [0.25, 0.3) is 0 Å². The highest BCUT2D eigenvalue weighted by Crippen LogP contribution is 2.25. The van der Waals surface area contributed by atoms with Crippen molar-refractivity contribution in [1.29, 1.82) is 0 Å². The van der Waals surface area contributed by atoms with Crippen molar-refractivity contribution in [3.63, 3.8) is 0 Å². The van der Waals surface area contributed by atoms with Gasteiger partial charge in [0.15, 0.2) is 5.11 Å². The van der Waals surface area contributed by atoms with Gasteiger partial charge >= 0.3 is 5.97 Å². The van der Waals surface area contributed by atoms with E-state index in [1.165, 1.54) is 6.07 Å². The van der Waals surface area contributed by atoms with Crippen LogP contribution in [-0.2, 0) is 6.42 Å². The fourth-order valence-electron chi connectivity index (χ4n) is 1.75. The average Bonchev–Trinajstić information content (AvgIpc) is 2.70. The van der Waals surface area contributed by atoms with Crippen LogP contribution < -0.4 is 11.2 Å². The number of thiocarbonyl (C=S) groups is 1. The molecule has 0 atom stereocenters. The van der Waals surface area contributed by atoms with E-state index in [9.17, 15) is 4.79 Å². The molecule has 0 saturated carbocycles. The highest BCUT2D eigenvalue weighted by molar-refractivity contribution is 7.80. The zero-order chi connectivity index (χ0) is 12.4. The van der Waals surface area contributed by atoms with Crippen LogP contribution in [0, 0.1) is 0 Å². The van der Waals surface area contributed by atoms with Crippen molar-refractivity contribution >= 4 is 29.0 Å². The van der Waals surface area contributed by atoms with Gasteiger partial charge in [0, 0.05) is 18.1 Å². The molecule has 1 heterocycles. The van der Waals surface area contributed by atoms with E-state index in [2.05, 4.69) is 22.7 Å². The molecular formula is C10H11N3O3S. The Kier molecular flexibility index (Phi) is 3.10. The molecule has 0 aliphatic heterocycles. The quantitative estimate of drug-likeness (QED) is 0.533. The summed E-state index contributed by atoms with van der Waals surface area (Å²) in [4.78, 5) is 10.8. The number of furan rings is 1. The summed E-state index contributed by atoms with van der Waals surface area (Å²) in [5, 5.41) is 13.0. The third-order valence-electron chi connectivity index (χ3n) is 2.45. The number of hydrogen-bond donors (Lipinski definition) is 3. The van der Waals surface area contributed by atoms with Crippen LogP contribution in [0.15, 0.2) is 15.6 Å². The molecule has 0 saturated heterocycles. The predicted octanol–water partition coefficient (Wildman–Crippen LogP) is 0.851. The van der Waals surface area contributed by atoms with Crippen molar-refractivity contribution in [3.05, 3.63) is 23.2 Å². The zero-order valence-electron chi connectivity index (χ0n) is 8.90. The van der Waals surface area contributed by atoms with Gasteiger partial charge in [-0.25, -0.2) is 4.79 Å². The summed E-state index contributed by atoms with van der Waals surface area (Å²) in [6, 6.07) is 1.48. The lowest BCUT2D eigenvalue weighted by molar-refractivity contribution is 0.0660. The largest absolute Gasteiger partial charge is 0.475 e. The Hall–Kier alpha value is -1.89. The molecule has 2 rings (SSSR count). The molecule has 1 aliphatic carbocycles. The second-order valence-corrected chi connectivity index (χ2v) is 4.08. The molecule has 17 heavy (non-hydrogen) atoms. The first-order valence-electron chi connectivity index (χ1n) is 5.06. The molecule has 1 aliphatic rings. The summed E-state index contributed by atoms with van der Waals surface area (Å²) in [7, 11) is 0. The molecule has 0 radical (unpaired) electrons. The Bertz CT molecular complexity index is 507. The monoisotopic (exact) mass is 253 g/mol. The number of carboxylic acids is 1. The maximum absolute atomic E-state index is 10.8. The van der Waals surface area contributed by atoms with Crippen molar-refractivity contribution in [2.45, 2.75) is 19.3 Å². The SMILES string of the molecule is NC(=S)NN=C1CCCc2oc(C(=O)O)cc21. The normalized spacial score (nSPS) is 16.6. The number of hydrazone groups is 1. The number of aryl methyl sites for hydroxylation is 1. The van der Waals surface area contributed by atoms with Crippen molar-refractivity contribution < 1.29 is 14.3 Å². The summed E-state index contributed by atoms with van der Waals surface area (Å²) in [6.07, 6.45) is 2.31. The van der Waals surface area contributed by atoms with E-state index in [1.54, 1.807) is 0 Å². The lowest BCUT2D eigenvalue weighted by Crippen LogP contribution is -2.26. The van der Waals surface area contributed by atoms with Crippen LogP contribution in [0.4, 0.5) is 0 Å². The van der Waals surface area contributed by atoms with Crippen molar-refractivity contribution in [2.24, 2.45) is 10.8 Å². The number of nitrogens with one attached hydrogen (secondary N) is 1. The van der Waals surface area contributed by atoms with Gasteiger partial charge in [0.2, 0.25) is 5.76 Å². The molecule has 6 nitrogen and oxygen atoms in total. The van der Waals surface area contributed by atoms with Gasteiger partial charge in [0.05, 0.1) is 5.71 Å². The third-order valence-corrected chi connectivity index (χ3v) is 2.54. The van der Waals surface area contributed by atoms with Crippen LogP contribution in [-0.4, -0.2) is 21.9 Å². The van der Waals surface area contributed by atoms with E-state index in [0.717, 1.165) is 24.1 Å². The molecule has 0 fully saturated rings. The molecule has 90 valence electrons. The van der Waals surface area contributed by atoms with Crippen molar-refractivity contribution in [3.8, 4) is 0 Å². The number of nitrogens with zero attached hydrogens (tertiary/aromatic N) is 1. The molecule has 0 bridgehead atoms. The van der Waals surface area contributed by atoms with Gasteiger partial charge in [-0.05, 0) is 25.1 Å². The third kappa shape index (κ3) is 2.44. The van der Waals surface area contributed by atoms with Gasteiger partial charge in [-0.15, -0.1) is 0 Å². The van der Waals surface area contributed by atoms with Gasteiger partial charge in [-0.2, -0.15) is 5.10 Å². The molecule has 4 N–H and O–H groups in total. The first kappa shape index (κ1) is 11.6. The predicted molar refractivity (Wildman–Crippen MR) is 65.1 cm³/mol. The summed E-state index contributed by atoms with van der Waals surface area (Å²) in [5.41, 5.74) is 9.22. The summed E-state index contributed by atoms with van der Waals surface area (Å²) in [5.74, 6) is -0.502. The fraction of sp³-hybridized carbons (Fsp3) is 0.300. The number of nitrogens with two attached hydrogens (primary N) is 1. The molecule has 0 aromatic carbocycles. The minimum absolute atomic E-state index is 0.0695. The molecule has 7 heteroatoms. The number of carbonyl (C=O) groups is 1. The lowest BCUT2D eigenvalue weighted by atomic mass is 9.96. The van der Waals surface area contributed by atoms with Crippen molar-refractivity contribution in [2.75, 3.05) is 0 Å². The Labute approximate surface area is 102 Å². The molecule has 0 amide bonds. The van der Waals surface area contributed by atoms with Gasteiger partial charge in [-0.3, -0.25) is 5.43 Å². The van der Waals surface area contributed by atoms with E-state index in [1.807, 2.05) is 0 Å². The fourth-order valence-corrected chi connectivity index (χ4v) is 1.80. The number of aromatic carboxylic acids is 1. The Morgan fingerprint density at radius 2 is 2.35 bits per heavy atom. The van der Waals surface area contributed by atoms with Crippen LogP contribution in [0.2, 0.25) is 0 Å². The van der Waals surface area contributed by atoms with Crippen LogP contribution in [0.25, 0.3) is 0 Å². The topological polar surface area (TPSA) is 101 Å². The Morgan fingerprint density at radius 3 is 3.00 bits per heavy atom. The van der Waals surface area contributed by atoms with Crippen LogP contribution >= 0.6 is 12.2 Å². The standard InChI is InChI=1S/C10H11N3O3S/c11-10(17)13-12-6-2-1-3-7-5(6)4-8(16-7)9(14)15/h4H,1-3H2,(H,14,15)(H3,11,13,17). The first-order valence-corrected chi connectivity index (χ1v) is 5.47. The molecular weight excluding hydrogens is 242 g/mol. The van der Waals surface area contributed by atoms with E-state index in [4.69, 9.17) is 15.3 Å². The minimum Gasteiger partial charge on any atom is -0.475 e. The molecule has 0 unspecified atom stereocenters. The van der Waals surface area contributed by atoms with Crippen LogP contribution in [0.3, 0.4) is 0 Å². The summed E-state index contributed by atoms with van der Waals surface area (Å²) < 4.78 is 5.23. The van der Waals surface area contributed by atoms with Crippen molar-refractivity contribution in [1.82, 2.24) is 5.43 Å². The molecule has 1 aromatic heterocycles.